The predicted octanol–water partition coefficient (Wildman–Crippen LogP) is 2.85. The fourth-order valence-corrected chi connectivity index (χ4v) is 1.87. The summed E-state index contributed by atoms with van der Waals surface area (Å²) in [5, 5.41) is 0. The highest BCUT2D eigenvalue weighted by molar-refractivity contribution is 5.68. The second-order valence-corrected chi connectivity index (χ2v) is 3.96. The van der Waals surface area contributed by atoms with Crippen LogP contribution >= 0.6 is 0 Å². The SMILES string of the molecule is CCCn1ccnc1-c1cccc(N)c1C. The lowest BCUT2D eigenvalue weighted by atomic mass is 10.1. The average Bonchev–Trinajstić information content (AvgIpc) is 2.71. The van der Waals surface area contributed by atoms with Gasteiger partial charge in [0.25, 0.3) is 0 Å². The number of hydrogen-bond donors (Lipinski definition) is 1. The lowest BCUT2D eigenvalue weighted by Gasteiger charge is -2.10. The van der Waals surface area contributed by atoms with Crippen molar-refractivity contribution >= 4 is 5.69 Å². The van der Waals surface area contributed by atoms with Crippen molar-refractivity contribution in [2.75, 3.05) is 5.73 Å². The minimum atomic E-state index is 0.823. The molecule has 0 fully saturated rings. The molecule has 16 heavy (non-hydrogen) atoms. The summed E-state index contributed by atoms with van der Waals surface area (Å²) in [6.45, 7) is 5.19. The minimum Gasteiger partial charge on any atom is -0.398 e. The summed E-state index contributed by atoms with van der Waals surface area (Å²) < 4.78 is 2.17. The molecule has 0 radical (unpaired) electrons. The number of benzene rings is 1. The minimum absolute atomic E-state index is 0.823. The van der Waals surface area contributed by atoms with Gasteiger partial charge in [0, 0.05) is 30.2 Å². The molecule has 3 nitrogen and oxygen atoms in total. The number of rotatable bonds is 3. The van der Waals surface area contributed by atoms with E-state index in [1.54, 1.807) is 0 Å². The van der Waals surface area contributed by atoms with Gasteiger partial charge in [-0.05, 0) is 25.0 Å². The van der Waals surface area contributed by atoms with Crippen molar-refractivity contribution in [3.63, 3.8) is 0 Å². The van der Waals surface area contributed by atoms with Gasteiger partial charge in [-0.2, -0.15) is 0 Å². The Bertz CT molecular complexity index is 486. The third kappa shape index (κ3) is 1.81. The first-order chi connectivity index (χ1) is 7.74. The summed E-state index contributed by atoms with van der Waals surface area (Å²) in [4.78, 5) is 4.41. The number of hydrogen-bond acceptors (Lipinski definition) is 2. The third-order valence-corrected chi connectivity index (χ3v) is 2.80. The Morgan fingerprint density at radius 3 is 2.94 bits per heavy atom. The molecule has 0 bridgehead atoms. The molecule has 3 heteroatoms. The van der Waals surface area contributed by atoms with Crippen LogP contribution in [-0.2, 0) is 6.54 Å². The molecule has 1 aromatic carbocycles. The maximum Gasteiger partial charge on any atom is 0.140 e. The Morgan fingerprint density at radius 1 is 1.38 bits per heavy atom. The normalized spacial score (nSPS) is 10.6. The van der Waals surface area contributed by atoms with Crippen molar-refractivity contribution < 1.29 is 0 Å². The standard InChI is InChI=1S/C13H17N3/c1-3-8-16-9-7-15-13(16)11-5-4-6-12(14)10(11)2/h4-7,9H,3,8,14H2,1-2H3. The zero-order valence-corrected chi connectivity index (χ0v) is 9.77. The van der Waals surface area contributed by atoms with Gasteiger partial charge in [-0.1, -0.05) is 19.1 Å². The van der Waals surface area contributed by atoms with Gasteiger partial charge in [-0.15, -0.1) is 0 Å². The van der Waals surface area contributed by atoms with Crippen LogP contribution < -0.4 is 5.73 Å². The first kappa shape index (κ1) is 10.7. The molecule has 0 amide bonds. The number of nitrogens with two attached hydrogens (primary N) is 1. The van der Waals surface area contributed by atoms with Crippen LogP contribution in [0.25, 0.3) is 11.4 Å². The lowest BCUT2D eigenvalue weighted by molar-refractivity contribution is 0.685. The summed E-state index contributed by atoms with van der Waals surface area (Å²) >= 11 is 0. The highest BCUT2D eigenvalue weighted by Crippen LogP contribution is 2.25. The number of aryl methyl sites for hydroxylation is 1. The van der Waals surface area contributed by atoms with Crippen molar-refractivity contribution in [2.45, 2.75) is 26.8 Å². The van der Waals surface area contributed by atoms with Gasteiger partial charge in [0.2, 0.25) is 0 Å². The Kier molecular flexibility index (Phi) is 2.95. The molecule has 1 aromatic heterocycles. The smallest absolute Gasteiger partial charge is 0.140 e. The number of anilines is 1. The fourth-order valence-electron chi connectivity index (χ4n) is 1.87. The van der Waals surface area contributed by atoms with Crippen LogP contribution in [0.4, 0.5) is 5.69 Å². The maximum atomic E-state index is 5.91. The molecule has 84 valence electrons. The van der Waals surface area contributed by atoms with E-state index in [1.807, 2.05) is 31.5 Å². The van der Waals surface area contributed by atoms with Crippen molar-refractivity contribution in [2.24, 2.45) is 0 Å². The molecule has 0 saturated heterocycles. The van der Waals surface area contributed by atoms with Gasteiger partial charge in [0.15, 0.2) is 0 Å². The van der Waals surface area contributed by atoms with Gasteiger partial charge in [-0.3, -0.25) is 0 Å². The van der Waals surface area contributed by atoms with Crippen LogP contribution in [0.5, 0.6) is 0 Å². The van der Waals surface area contributed by atoms with Crippen molar-refractivity contribution in [1.82, 2.24) is 9.55 Å². The molecular formula is C13H17N3. The van der Waals surface area contributed by atoms with Crippen LogP contribution in [0.1, 0.15) is 18.9 Å². The van der Waals surface area contributed by atoms with E-state index in [2.05, 4.69) is 22.5 Å². The first-order valence-electron chi connectivity index (χ1n) is 5.60. The van der Waals surface area contributed by atoms with Gasteiger partial charge < -0.3 is 10.3 Å². The van der Waals surface area contributed by atoms with Crippen LogP contribution in [-0.4, -0.2) is 9.55 Å². The lowest BCUT2D eigenvalue weighted by Crippen LogP contribution is -2.00. The molecule has 2 aromatic rings. The fraction of sp³-hybridized carbons (Fsp3) is 0.308. The Balaban J connectivity index is 2.50. The highest BCUT2D eigenvalue weighted by atomic mass is 15.1. The third-order valence-electron chi connectivity index (χ3n) is 2.80. The molecule has 0 aliphatic carbocycles. The second kappa shape index (κ2) is 4.39. The Morgan fingerprint density at radius 2 is 2.19 bits per heavy atom. The average molecular weight is 215 g/mol. The molecule has 0 atom stereocenters. The second-order valence-electron chi connectivity index (χ2n) is 3.96. The van der Waals surface area contributed by atoms with E-state index in [-0.39, 0.29) is 0 Å². The highest BCUT2D eigenvalue weighted by Gasteiger charge is 2.09. The number of nitrogen functional groups attached to an aromatic ring is 1. The van der Waals surface area contributed by atoms with E-state index in [0.29, 0.717) is 0 Å². The van der Waals surface area contributed by atoms with Gasteiger partial charge >= 0.3 is 0 Å². The summed E-state index contributed by atoms with van der Waals surface area (Å²) in [6, 6.07) is 5.97. The Hall–Kier alpha value is -1.77. The Labute approximate surface area is 95.9 Å². The van der Waals surface area contributed by atoms with Gasteiger partial charge in [0.1, 0.15) is 5.82 Å². The predicted molar refractivity (Wildman–Crippen MR) is 67.1 cm³/mol. The molecule has 0 spiro atoms. The van der Waals surface area contributed by atoms with E-state index in [1.165, 1.54) is 0 Å². The summed E-state index contributed by atoms with van der Waals surface area (Å²) in [7, 11) is 0. The molecular weight excluding hydrogens is 198 g/mol. The van der Waals surface area contributed by atoms with Gasteiger partial charge in [-0.25, -0.2) is 4.98 Å². The van der Waals surface area contributed by atoms with E-state index >= 15 is 0 Å². The van der Waals surface area contributed by atoms with E-state index in [4.69, 9.17) is 5.73 Å². The number of nitrogens with zero attached hydrogens (tertiary/aromatic N) is 2. The van der Waals surface area contributed by atoms with E-state index in [9.17, 15) is 0 Å². The van der Waals surface area contributed by atoms with Crippen molar-refractivity contribution in [1.29, 1.82) is 0 Å². The molecule has 0 aliphatic heterocycles. The molecule has 2 rings (SSSR count). The molecule has 2 N–H and O–H groups in total. The number of imidazole rings is 1. The zero-order chi connectivity index (χ0) is 11.5. The molecule has 0 aliphatic rings. The zero-order valence-electron chi connectivity index (χ0n) is 9.77. The topological polar surface area (TPSA) is 43.8 Å². The summed E-state index contributed by atoms with van der Waals surface area (Å²) in [6.07, 6.45) is 4.96. The molecule has 0 saturated carbocycles. The van der Waals surface area contributed by atoms with Crippen LogP contribution in [0, 0.1) is 6.92 Å². The largest absolute Gasteiger partial charge is 0.398 e. The van der Waals surface area contributed by atoms with Crippen molar-refractivity contribution in [3.05, 3.63) is 36.2 Å². The summed E-state index contributed by atoms with van der Waals surface area (Å²) in [5.74, 6) is 1.01. The molecule has 1 heterocycles. The van der Waals surface area contributed by atoms with Gasteiger partial charge in [0.05, 0.1) is 0 Å². The summed E-state index contributed by atoms with van der Waals surface area (Å²) in [5.41, 5.74) is 8.96. The van der Waals surface area contributed by atoms with Crippen LogP contribution in [0.3, 0.4) is 0 Å². The van der Waals surface area contributed by atoms with Crippen LogP contribution in [0.2, 0.25) is 0 Å². The number of aromatic nitrogens is 2. The molecule has 0 unspecified atom stereocenters. The maximum absolute atomic E-state index is 5.91. The van der Waals surface area contributed by atoms with E-state index in [0.717, 1.165) is 35.6 Å². The quantitative estimate of drug-likeness (QED) is 0.800. The monoisotopic (exact) mass is 215 g/mol. The van der Waals surface area contributed by atoms with E-state index < -0.39 is 0 Å². The van der Waals surface area contributed by atoms with Crippen molar-refractivity contribution in [3.8, 4) is 11.4 Å². The first-order valence-corrected chi connectivity index (χ1v) is 5.60. The van der Waals surface area contributed by atoms with Crippen LogP contribution in [0.15, 0.2) is 30.6 Å².